The molecule has 0 aliphatic heterocycles. The smallest absolute Gasteiger partial charge is 0.162 e. The van der Waals surface area contributed by atoms with Crippen LogP contribution in [0.1, 0.15) is 37.6 Å². The molecule has 0 aliphatic carbocycles. The van der Waals surface area contributed by atoms with Crippen molar-refractivity contribution in [2.75, 3.05) is 13.7 Å². The summed E-state index contributed by atoms with van der Waals surface area (Å²) in [6.07, 6.45) is 0.495. The number of carbonyl (C=O) groups is 1. The number of Topliss-reactive ketones (excluding diaryl/α,β-unsaturated/α-hetero) is 1. The van der Waals surface area contributed by atoms with Crippen molar-refractivity contribution in [2.24, 2.45) is 5.92 Å². The Labute approximate surface area is 103 Å². The molecule has 1 rings (SSSR count). The summed E-state index contributed by atoms with van der Waals surface area (Å²) in [5, 5.41) is 0. The van der Waals surface area contributed by atoms with E-state index in [1.54, 1.807) is 25.3 Å². The number of benzene rings is 1. The minimum absolute atomic E-state index is 0.110. The number of hydrogen-bond donors (Lipinski definition) is 0. The normalized spacial score (nSPS) is 10.4. The lowest BCUT2D eigenvalue weighted by atomic mass is 10.1. The summed E-state index contributed by atoms with van der Waals surface area (Å²) in [5.74, 6) is 1.87. The highest BCUT2D eigenvalue weighted by molar-refractivity contribution is 5.96. The number of hydrogen-bond acceptors (Lipinski definition) is 3. The Bertz CT molecular complexity index is 383. The molecule has 0 saturated heterocycles. The highest BCUT2D eigenvalue weighted by atomic mass is 16.5. The van der Waals surface area contributed by atoms with E-state index in [4.69, 9.17) is 9.47 Å². The molecule has 0 radical (unpaired) electrons. The topological polar surface area (TPSA) is 35.5 Å². The van der Waals surface area contributed by atoms with E-state index in [9.17, 15) is 4.79 Å². The van der Waals surface area contributed by atoms with Crippen molar-refractivity contribution < 1.29 is 14.3 Å². The predicted molar refractivity (Wildman–Crippen MR) is 67.9 cm³/mol. The molecule has 1 aromatic carbocycles. The first-order valence-corrected chi connectivity index (χ1v) is 5.92. The first-order valence-electron chi connectivity index (χ1n) is 5.92. The van der Waals surface area contributed by atoms with Gasteiger partial charge in [-0.3, -0.25) is 4.79 Å². The maximum absolute atomic E-state index is 11.6. The van der Waals surface area contributed by atoms with Crippen LogP contribution in [0.25, 0.3) is 0 Å². The van der Waals surface area contributed by atoms with E-state index in [0.29, 0.717) is 36.0 Å². The van der Waals surface area contributed by atoms with Crippen LogP contribution in [-0.2, 0) is 0 Å². The van der Waals surface area contributed by atoms with Crippen molar-refractivity contribution in [3.05, 3.63) is 23.8 Å². The van der Waals surface area contributed by atoms with E-state index < -0.39 is 0 Å². The van der Waals surface area contributed by atoms with E-state index in [2.05, 4.69) is 13.8 Å². The Kier molecular flexibility index (Phi) is 5.01. The van der Waals surface area contributed by atoms with Crippen molar-refractivity contribution >= 4 is 5.78 Å². The summed E-state index contributed by atoms with van der Waals surface area (Å²) in [6.45, 7) is 6.65. The van der Waals surface area contributed by atoms with Crippen LogP contribution in [0.5, 0.6) is 11.5 Å². The first kappa shape index (κ1) is 13.6. The number of rotatable bonds is 6. The van der Waals surface area contributed by atoms with Gasteiger partial charge in [0.15, 0.2) is 17.3 Å². The summed E-state index contributed by atoms with van der Waals surface area (Å²) in [4.78, 5) is 11.6. The Morgan fingerprint density at radius 3 is 2.53 bits per heavy atom. The average molecular weight is 236 g/mol. The number of ketones is 1. The monoisotopic (exact) mass is 236 g/mol. The Morgan fingerprint density at radius 1 is 1.29 bits per heavy atom. The van der Waals surface area contributed by atoms with Crippen LogP contribution in [0.2, 0.25) is 0 Å². The summed E-state index contributed by atoms with van der Waals surface area (Å²) >= 11 is 0. The van der Waals surface area contributed by atoms with Crippen LogP contribution in [0.3, 0.4) is 0 Å². The van der Waals surface area contributed by atoms with Crippen LogP contribution < -0.4 is 9.47 Å². The van der Waals surface area contributed by atoms with Crippen LogP contribution in [0, 0.1) is 5.92 Å². The molecule has 0 saturated carbocycles. The minimum Gasteiger partial charge on any atom is -0.493 e. The van der Waals surface area contributed by atoms with Gasteiger partial charge in [0.1, 0.15) is 0 Å². The highest BCUT2D eigenvalue weighted by Gasteiger charge is 2.10. The van der Waals surface area contributed by atoms with Crippen LogP contribution in [0.15, 0.2) is 18.2 Å². The van der Waals surface area contributed by atoms with Gasteiger partial charge in [-0.2, -0.15) is 0 Å². The van der Waals surface area contributed by atoms with Gasteiger partial charge in [0.25, 0.3) is 0 Å². The molecular weight excluding hydrogens is 216 g/mol. The molecule has 0 unspecified atom stereocenters. The standard InChI is InChI=1S/C14H20O3/c1-5-12(15)11-6-7-13(14(8-11)16-4)17-9-10(2)3/h6-8,10H,5,9H2,1-4H3. The van der Waals surface area contributed by atoms with E-state index in [0.717, 1.165) is 0 Å². The third-order valence-corrected chi connectivity index (χ3v) is 2.38. The fraction of sp³-hybridized carbons (Fsp3) is 0.500. The molecule has 0 heterocycles. The highest BCUT2D eigenvalue weighted by Crippen LogP contribution is 2.28. The van der Waals surface area contributed by atoms with Gasteiger partial charge in [0.2, 0.25) is 0 Å². The van der Waals surface area contributed by atoms with Crippen LogP contribution in [-0.4, -0.2) is 19.5 Å². The third-order valence-electron chi connectivity index (χ3n) is 2.38. The molecule has 0 bridgehead atoms. The number of ether oxygens (including phenoxy) is 2. The van der Waals surface area contributed by atoms with E-state index in [1.807, 2.05) is 6.92 Å². The quantitative estimate of drug-likeness (QED) is 0.711. The molecule has 0 aromatic heterocycles. The Morgan fingerprint density at radius 2 is 2.00 bits per heavy atom. The number of carbonyl (C=O) groups excluding carboxylic acids is 1. The lowest BCUT2D eigenvalue weighted by molar-refractivity contribution is 0.0987. The Balaban J connectivity index is 2.89. The molecule has 0 atom stereocenters. The summed E-state index contributed by atoms with van der Waals surface area (Å²) in [6, 6.07) is 5.32. The van der Waals surface area contributed by atoms with Crippen molar-refractivity contribution in [3.63, 3.8) is 0 Å². The van der Waals surface area contributed by atoms with Crippen molar-refractivity contribution in [3.8, 4) is 11.5 Å². The molecular formula is C14H20O3. The van der Waals surface area contributed by atoms with Gasteiger partial charge in [0, 0.05) is 12.0 Å². The van der Waals surface area contributed by atoms with Gasteiger partial charge in [0.05, 0.1) is 13.7 Å². The molecule has 3 nitrogen and oxygen atoms in total. The van der Waals surface area contributed by atoms with E-state index >= 15 is 0 Å². The predicted octanol–water partition coefficient (Wildman–Crippen LogP) is 3.32. The lowest BCUT2D eigenvalue weighted by Gasteiger charge is -2.13. The summed E-state index contributed by atoms with van der Waals surface area (Å²) in [7, 11) is 1.58. The largest absolute Gasteiger partial charge is 0.493 e. The average Bonchev–Trinajstić information content (AvgIpc) is 2.34. The van der Waals surface area contributed by atoms with E-state index in [-0.39, 0.29) is 5.78 Å². The van der Waals surface area contributed by atoms with Crippen LogP contribution >= 0.6 is 0 Å². The third kappa shape index (κ3) is 3.77. The van der Waals surface area contributed by atoms with Crippen molar-refractivity contribution in [2.45, 2.75) is 27.2 Å². The molecule has 3 heteroatoms. The SMILES string of the molecule is CCC(=O)c1ccc(OCC(C)C)c(OC)c1. The van der Waals surface area contributed by atoms with Gasteiger partial charge in [-0.05, 0) is 24.1 Å². The maximum atomic E-state index is 11.6. The van der Waals surface area contributed by atoms with Gasteiger partial charge in [-0.25, -0.2) is 0 Å². The minimum atomic E-state index is 0.110. The first-order chi connectivity index (χ1) is 8.08. The van der Waals surface area contributed by atoms with Crippen molar-refractivity contribution in [1.82, 2.24) is 0 Å². The molecule has 94 valence electrons. The zero-order chi connectivity index (χ0) is 12.8. The maximum Gasteiger partial charge on any atom is 0.162 e. The second-order valence-corrected chi connectivity index (χ2v) is 4.35. The fourth-order valence-electron chi connectivity index (χ4n) is 1.42. The van der Waals surface area contributed by atoms with E-state index in [1.165, 1.54) is 0 Å². The lowest BCUT2D eigenvalue weighted by Crippen LogP contribution is -2.06. The Hall–Kier alpha value is -1.51. The number of methoxy groups -OCH3 is 1. The van der Waals surface area contributed by atoms with Crippen LogP contribution in [0.4, 0.5) is 0 Å². The molecule has 0 aliphatic rings. The zero-order valence-electron chi connectivity index (χ0n) is 10.9. The van der Waals surface area contributed by atoms with Gasteiger partial charge in [-0.1, -0.05) is 20.8 Å². The fourth-order valence-corrected chi connectivity index (χ4v) is 1.42. The van der Waals surface area contributed by atoms with Gasteiger partial charge < -0.3 is 9.47 Å². The zero-order valence-corrected chi connectivity index (χ0v) is 10.9. The van der Waals surface area contributed by atoms with Crippen molar-refractivity contribution in [1.29, 1.82) is 0 Å². The van der Waals surface area contributed by atoms with Gasteiger partial charge >= 0.3 is 0 Å². The van der Waals surface area contributed by atoms with Gasteiger partial charge in [-0.15, -0.1) is 0 Å². The second-order valence-electron chi connectivity index (χ2n) is 4.35. The molecule has 0 amide bonds. The molecule has 0 fully saturated rings. The molecule has 0 N–H and O–H groups in total. The summed E-state index contributed by atoms with van der Waals surface area (Å²) < 4.78 is 10.9. The summed E-state index contributed by atoms with van der Waals surface area (Å²) in [5.41, 5.74) is 0.668. The molecule has 17 heavy (non-hydrogen) atoms. The second kappa shape index (κ2) is 6.28. The molecule has 0 spiro atoms. The molecule has 1 aromatic rings.